The Balaban J connectivity index is 1.60. The molecule has 0 radical (unpaired) electrons. The number of hydrogen-bond donors (Lipinski definition) is 2. The molecule has 36 heavy (non-hydrogen) atoms. The molecular weight excluding hydrogens is 505 g/mol. The smallest absolute Gasteiger partial charge is 0.249 e. The molecule has 1 fully saturated rings. The quantitative estimate of drug-likeness (QED) is 0.488. The Morgan fingerprint density at radius 1 is 1.28 bits per heavy atom. The van der Waals surface area contributed by atoms with Gasteiger partial charge < -0.3 is 10.4 Å². The summed E-state index contributed by atoms with van der Waals surface area (Å²) in [6, 6.07) is 3.04. The lowest BCUT2D eigenvalue weighted by molar-refractivity contribution is 0.0103. The van der Waals surface area contributed by atoms with Crippen molar-refractivity contribution in [3.63, 3.8) is 0 Å². The Hall–Kier alpha value is -2.82. The molecule has 0 bridgehead atoms. The van der Waals surface area contributed by atoms with E-state index in [0.29, 0.717) is 28.8 Å². The second kappa shape index (κ2) is 8.93. The van der Waals surface area contributed by atoms with Gasteiger partial charge in [-0.25, -0.2) is 31.7 Å². The number of hydrogen-bond acceptors (Lipinski definition) is 7. The lowest BCUT2D eigenvalue weighted by Gasteiger charge is -2.37. The van der Waals surface area contributed by atoms with E-state index >= 15 is 0 Å². The van der Waals surface area contributed by atoms with Crippen LogP contribution in [0, 0.1) is 5.82 Å². The zero-order chi connectivity index (χ0) is 25.7. The first-order chi connectivity index (χ1) is 17.0. The highest BCUT2D eigenvalue weighted by atomic mass is 35.5. The number of fused-ring (bicyclic) bond motifs is 1. The van der Waals surface area contributed by atoms with Crippen LogP contribution in [0.15, 0.2) is 54.0 Å². The number of pyridine rings is 1. The van der Waals surface area contributed by atoms with Crippen LogP contribution in [-0.2, 0) is 10.0 Å². The van der Waals surface area contributed by atoms with Crippen LogP contribution in [0.2, 0.25) is 0 Å². The highest BCUT2D eigenvalue weighted by Gasteiger charge is 2.41. The molecule has 3 atom stereocenters. The zero-order valence-electron chi connectivity index (χ0n) is 19.9. The number of halogens is 2. The third-order valence-electron chi connectivity index (χ3n) is 7.10. The third kappa shape index (κ3) is 4.21. The fourth-order valence-electron chi connectivity index (χ4n) is 4.91. The summed E-state index contributed by atoms with van der Waals surface area (Å²) in [6.45, 7) is 3.34. The molecule has 0 aliphatic heterocycles. The van der Waals surface area contributed by atoms with Gasteiger partial charge in [0.15, 0.2) is 23.1 Å². The van der Waals surface area contributed by atoms with Crippen LogP contribution in [0.3, 0.4) is 0 Å². The lowest BCUT2D eigenvalue weighted by atomic mass is 9.82. The van der Waals surface area contributed by atoms with E-state index in [-0.39, 0.29) is 29.8 Å². The van der Waals surface area contributed by atoms with Gasteiger partial charge in [-0.1, -0.05) is 30.5 Å². The molecule has 3 aromatic heterocycles. The molecule has 2 N–H and O–H groups in total. The van der Waals surface area contributed by atoms with Gasteiger partial charge in [-0.3, -0.25) is 0 Å². The molecule has 11 heteroatoms. The van der Waals surface area contributed by atoms with Gasteiger partial charge >= 0.3 is 0 Å². The first kappa shape index (κ1) is 24.9. The average Bonchev–Trinajstić information content (AvgIpc) is 3.22. The molecule has 3 heterocycles. The second-order valence-corrected chi connectivity index (χ2v) is 12.6. The van der Waals surface area contributed by atoms with Gasteiger partial charge in [0, 0.05) is 28.4 Å². The molecule has 3 aromatic rings. The van der Waals surface area contributed by atoms with Crippen molar-refractivity contribution < 1.29 is 17.9 Å². The van der Waals surface area contributed by atoms with E-state index in [9.17, 15) is 17.9 Å². The van der Waals surface area contributed by atoms with Gasteiger partial charge in [-0.05, 0) is 57.4 Å². The highest BCUT2D eigenvalue weighted by Crippen LogP contribution is 2.37. The number of aliphatic hydroxyl groups is 1. The second-order valence-electron chi connectivity index (χ2n) is 9.86. The van der Waals surface area contributed by atoms with Crippen molar-refractivity contribution in [1.29, 1.82) is 0 Å². The summed E-state index contributed by atoms with van der Waals surface area (Å²) in [4.78, 5) is 12.9. The molecular formula is C25H27ClFN5O3S. The van der Waals surface area contributed by atoms with Crippen LogP contribution in [0.5, 0.6) is 0 Å². The van der Waals surface area contributed by atoms with Crippen LogP contribution in [0.4, 0.5) is 10.2 Å². The molecule has 5 rings (SSSR count). The molecule has 2 aliphatic rings. The predicted octanol–water partition coefficient (Wildman–Crippen LogP) is 4.76. The van der Waals surface area contributed by atoms with Crippen molar-refractivity contribution >= 4 is 38.5 Å². The Morgan fingerprint density at radius 3 is 2.83 bits per heavy atom. The number of anilines is 1. The van der Waals surface area contributed by atoms with Gasteiger partial charge in [-0.2, -0.15) is 0 Å². The summed E-state index contributed by atoms with van der Waals surface area (Å²) in [6.07, 6.45) is 12.2. The van der Waals surface area contributed by atoms with Crippen molar-refractivity contribution in [2.75, 3.05) is 5.32 Å². The monoisotopic (exact) mass is 531 g/mol. The normalized spacial score (nSPS) is 26.7. The van der Waals surface area contributed by atoms with Crippen molar-refractivity contribution in [3.05, 3.63) is 59.8 Å². The maximum Gasteiger partial charge on any atom is 0.249 e. The van der Waals surface area contributed by atoms with Gasteiger partial charge in [0.2, 0.25) is 10.0 Å². The average molecular weight is 532 g/mol. The Labute approximate surface area is 214 Å². The minimum Gasteiger partial charge on any atom is -0.388 e. The molecule has 2 aliphatic carbocycles. The maximum absolute atomic E-state index is 14.7. The topological polar surface area (TPSA) is 110 Å². The van der Waals surface area contributed by atoms with Crippen LogP contribution in [0.25, 0.3) is 22.4 Å². The summed E-state index contributed by atoms with van der Waals surface area (Å²) in [7, 11) is -4.00. The first-order valence-electron chi connectivity index (χ1n) is 11.8. The van der Waals surface area contributed by atoms with E-state index in [0.717, 1.165) is 23.0 Å². The highest BCUT2D eigenvalue weighted by molar-refractivity contribution is 7.91. The molecule has 190 valence electrons. The Morgan fingerprint density at radius 2 is 2.08 bits per heavy atom. The van der Waals surface area contributed by atoms with Gasteiger partial charge in [0.1, 0.15) is 4.75 Å². The summed E-state index contributed by atoms with van der Waals surface area (Å²) in [5.74, 6) is -0.557. The predicted molar refractivity (Wildman–Crippen MR) is 138 cm³/mol. The fraction of sp³-hybridized carbons (Fsp3) is 0.400. The van der Waals surface area contributed by atoms with Gasteiger partial charge in [-0.15, -0.1) is 0 Å². The number of rotatable bonds is 5. The molecule has 0 aromatic carbocycles. The molecule has 3 unspecified atom stereocenters. The summed E-state index contributed by atoms with van der Waals surface area (Å²) < 4.78 is 42.2. The third-order valence-corrected chi connectivity index (χ3v) is 9.59. The Bertz CT molecular complexity index is 1500. The Kier molecular flexibility index (Phi) is 6.17. The standard InChI is InChI=1S/C25H27ClFN5O3S/c1-24(10-5-7-16(26)13-24)36(34,35)32-15-18(17-8-6-12-28-23(17)32)21-29-14-19(27)22(31-21)30-20-9-3-4-11-25(20,2)33/h5-8,12-15,20,33H,3-4,9-11H2,1-2H3,(H,29,30,31). The van der Waals surface area contributed by atoms with Crippen molar-refractivity contribution in [2.24, 2.45) is 0 Å². The van der Waals surface area contributed by atoms with E-state index < -0.39 is 26.2 Å². The molecule has 8 nitrogen and oxygen atoms in total. The van der Waals surface area contributed by atoms with Crippen molar-refractivity contribution in [1.82, 2.24) is 18.9 Å². The van der Waals surface area contributed by atoms with Crippen LogP contribution < -0.4 is 5.32 Å². The van der Waals surface area contributed by atoms with Crippen LogP contribution in [0.1, 0.15) is 46.0 Å². The summed E-state index contributed by atoms with van der Waals surface area (Å²) >= 11 is 6.15. The van der Waals surface area contributed by atoms with Crippen LogP contribution in [-0.4, -0.2) is 48.8 Å². The van der Waals surface area contributed by atoms with Gasteiger partial charge in [0.25, 0.3) is 0 Å². The van der Waals surface area contributed by atoms with E-state index in [1.807, 2.05) is 0 Å². The van der Waals surface area contributed by atoms with E-state index in [1.54, 1.807) is 38.1 Å². The van der Waals surface area contributed by atoms with Crippen LogP contribution >= 0.6 is 11.6 Å². The molecule has 1 saturated carbocycles. The largest absolute Gasteiger partial charge is 0.388 e. The van der Waals surface area contributed by atoms with E-state index in [4.69, 9.17) is 11.6 Å². The number of allylic oxidation sites excluding steroid dienone is 3. The summed E-state index contributed by atoms with van der Waals surface area (Å²) in [5, 5.41) is 14.6. The fourth-order valence-corrected chi connectivity index (χ4v) is 6.95. The van der Waals surface area contributed by atoms with Gasteiger partial charge in [0.05, 0.1) is 17.8 Å². The molecule has 0 amide bonds. The molecule has 0 spiro atoms. The van der Waals surface area contributed by atoms with E-state index in [1.165, 1.54) is 18.5 Å². The minimum atomic E-state index is -4.00. The number of aromatic nitrogens is 4. The summed E-state index contributed by atoms with van der Waals surface area (Å²) in [5.41, 5.74) is -0.390. The van der Waals surface area contributed by atoms with Crippen molar-refractivity contribution in [3.8, 4) is 11.4 Å². The first-order valence-corrected chi connectivity index (χ1v) is 13.6. The lowest BCUT2D eigenvalue weighted by Crippen LogP contribution is -2.47. The maximum atomic E-state index is 14.7. The van der Waals surface area contributed by atoms with Crippen molar-refractivity contribution in [2.45, 2.75) is 62.3 Å². The number of nitrogens with one attached hydrogen (secondary N) is 1. The molecule has 0 saturated heterocycles. The zero-order valence-corrected chi connectivity index (χ0v) is 21.5. The van der Waals surface area contributed by atoms with E-state index in [2.05, 4.69) is 20.3 Å². The minimum absolute atomic E-state index is 0.0427. The number of nitrogens with zero attached hydrogens (tertiary/aromatic N) is 4. The SMILES string of the molecule is CC1(O)CCCCC1Nc1nc(-c2cn(S(=O)(=O)C3(C)C=C(Cl)C=CC3)c3ncccc23)ncc1F.